The Morgan fingerprint density at radius 2 is 2.19 bits per heavy atom. The van der Waals surface area contributed by atoms with Gasteiger partial charge in [-0.1, -0.05) is 11.6 Å². The van der Waals surface area contributed by atoms with Crippen LogP contribution in [0.3, 0.4) is 0 Å². The number of benzene rings is 1. The number of aryl methyl sites for hydroxylation is 2. The van der Waals surface area contributed by atoms with Crippen molar-refractivity contribution in [3.8, 4) is 17.0 Å². The Hall–Kier alpha value is -3.12. The van der Waals surface area contributed by atoms with E-state index < -0.39 is 41.9 Å². The first kappa shape index (κ1) is 22.1. The first-order valence-electron chi connectivity index (χ1n) is 9.34. The fourth-order valence-corrected chi connectivity index (χ4v) is 3.56. The van der Waals surface area contributed by atoms with Gasteiger partial charge in [0.25, 0.3) is 5.91 Å². The Balaban J connectivity index is 1.73. The van der Waals surface area contributed by atoms with Crippen LogP contribution < -0.4 is 10.1 Å². The summed E-state index contributed by atoms with van der Waals surface area (Å²) in [4.78, 5) is 16.9. The van der Waals surface area contributed by atoms with Crippen LogP contribution in [-0.4, -0.2) is 43.5 Å². The second-order valence-electron chi connectivity index (χ2n) is 7.18. The van der Waals surface area contributed by atoms with E-state index in [1.165, 1.54) is 6.20 Å². The third-order valence-corrected chi connectivity index (χ3v) is 5.15. The normalized spacial score (nSPS) is 15.7. The van der Waals surface area contributed by atoms with E-state index in [0.29, 0.717) is 24.5 Å². The van der Waals surface area contributed by atoms with E-state index in [-0.39, 0.29) is 22.1 Å². The number of ether oxygens (including phenoxy) is 1. The Kier molecular flexibility index (Phi) is 5.59. The number of carbonyl (C=O) groups is 1. The number of aromatic nitrogens is 4. The van der Waals surface area contributed by atoms with Crippen LogP contribution in [0.1, 0.15) is 34.4 Å². The summed E-state index contributed by atoms with van der Waals surface area (Å²) in [7, 11) is 0. The lowest BCUT2D eigenvalue weighted by atomic mass is 10.1. The van der Waals surface area contributed by atoms with Crippen molar-refractivity contribution in [3.05, 3.63) is 46.4 Å². The molecule has 32 heavy (non-hydrogen) atoms. The number of aromatic amines is 1. The summed E-state index contributed by atoms with van der Waals surface area (Å²) in [5.74, 6) is -2.02. The molecule has 0 spiro atoms. The molecule has 1 amide bonds. The van der Waals surface area contributed by atoms with Gasteiger partial charge < -0.3 is 19.7 Å². The monoisotopic (exact) mass is 473 g/mol. The molecule has 13 heteroatoms. The first-order chi connectivity index (χ1) is 15.0. The molecule has 3 aromatic rings. The maximum Gasteiger partial charge on any atom is 0.422 e. The number of anilines is 1. The topological polar surface area (TPSA) is 105 Å². The molecule has 0 saturated carbocycles. The quantitative estimate of drug-likeness (QED) is 0.486. The number of hydrogen-bond acceptors (Lipinski definition) is 5. The summed E-state index contributed by atoms with van der Waals surface area (Å²) in [6.45, 7) is 0.335. The number of carbonyl (C=O) groups excluding carboxylic acids is 1. The molecule has 8 nitrogen and oxygen atoms in total. The van der Waals surface area contributed by atoms with Gasteiger partial charge in [-0.2, -0.15) is 18.3 Å². The number of halogens is 5. The van der Waals surface area contributed by atoms with Crippen LogP contribution in [0.4, 0.5) is 23.2 Å². The van der Waals surface area contributed by atoms with Crippen molar-refractivity contribution in [3.63, 3.8) is 0 Å². The Morgan fingerprint density at radius 1 is 1.44 bits per heavy atom. The lowest BCUT2D eigenvalue weighted by Gasteiger charge is -2.15. The highest BCUT2D eigenvalue weighted by atomic mass is 35.5. The molecule has 1 aliphatic rings. The summed E-state index contributed by atoms with van der Waals surface area (Å²) in [6.07, 6.45) is -3.57. The van der Waals surface area contributed by atoms with Crippen LogP contribution in [0.25, 0.3) is 11.3 Å². The van der Waals surface area contributed by atoms with Crippen molar-refractivity contribution in [1.29, 1.82) is 0 Å². The molecule has 0 bridgehead atoms. The minimum atomic E-state index is -4.69. The van der Waals surface area contributed by atoms with E-state index in [0.717, 1.165) is 12.1 Å². The van der Waals surface area contributed by atoms with Crippen LogP contribution >= 0.6 is 11.6 Å². The molecule has 1 aliphatic heterocycles. The van der Waals surface area contributed by atoms with E-state index in [4.69, 9.17) is 16.3 Å². The number of H-pyrrole nitrogens is 1. The average molecular weight is 474 g/mol. The van der Waals surface area contributed by atoms with E-state index in [2.05, 4.69) is 20.5 Å². The Morgan fingerprint density at radius 3 is 2.81 bits per heavy atom. The minimum absolute atomic E-state index is 0.0724. The van der Waals surface area contributed by atoms with Crippen molar-refractivity contribution in [2.75, 3.05) is 11.9 Å². The number of nitrogens with one attached hydrogen (secondary N) is 2. The van der Waals surface area contributed by atoms with Gasteiger partial charge in [-0.15, -0.1) is 0 Å². The fourth-order valence-electron chi connectivity index (χ4n) is 3.33. The number of aliphatic hydroxyl groups excluding tert-OH is 1. The summed E-state index contributed by atoms with van der Waals surface area (Å²) in [5, 5.41) is 18.5. The highest BCUT2D eigenvalue weighted by molar-refractivity contribution is 6.33. The molecule has 2 aromatic heterocycles. The zero-order valence-electron chi connectivity index (χ0n) is 16.4. The molecule has 0 saturated heterocycles. The number of rotatable bonds is 5. The summed E-state index contributed by atoms with van der Waals surface area (Å²) in [5.41, 5.74) is -0.0650. The largest absolute Gasteiger partial charge is 0.483 e. The van der Waals surface area contributed by atoms with E-state index in [1.807, 2.05) is 0 Å². The molecular weight excluding hydrogens is 458 g/mol. The van der Waals surface area contributed by atoms with Crippen LogP contribution in [0.2, 0.25) is 5.15 Å². The molecule has 0 fully saturated rings. The number of amides is 1. The number of alkyl halides is 3. The number of fused-ring (bicyclic) bond motifs is 1. The Bertz CT molecular complexity index is 1170. The van der Waals surface area contributed by atoms with E-state index in [9.17, 15) is 27.5 Å². The van der Waals surface area contributed by atoms with Crippen molar-refractivity contribution < 1.29 is 32.2 Å². The zero-order chi connectivity index (χ0) is 23.2. The lowest BCUT2D eigenvalue weighted by Crippen LogP contribution is -2.21. The van der Waals surface area contributed by atoms with Crippen molar-refractivity contribution >= 4 is 23.2 Å². The maximum absolute atomic E-state index is 14.9. The molecule has 1 atom stereocenters. The molecule has 1 unspecified atom stereocenters. The predicted octanol–water partition coefficient (Wildman–Crippen LogP) is 4.00. The number of aliphatic hydroxyl groups is 1. The third kappa shape index (κ3) is 4.28. The molecule has 3 heterocycles. The molecule has 170 valence electrons. The van der Waals surface area contributed by atoms with Gasteiger partial charge in [-0.05, 0) is 25.5 Å². The first-order valence-corrected chi connectivity index (χ1v) is 9.71. The number of hydrogen-bond donors (Lipinski definition) is 3. The van der Waals surface area contributed by atoms with E-state index in [1.54, 1.807) is 11.5 Å². The number of nitrogens with zero attached hydrogens (tertiary/aromatic N) is 3. The van der Waals surface area contributed by atoms with Crippen LogP contribution in [-0.2, 0) is 6.54 Å². The standard InChI is InChI=1S/C19H16ClF4N5O3/c1-8-15(16(20)28-27-8)26-18(31)10-4-11(21)9(5-14(10)32-7-19(22,23)24)12-6-29-3-2-13(30)17(29)25-12/h4-6,13,30H,2-3,7H2,1H3,(H,26,31)(H,27,28). The molecule has 0 aliphatic carbocycles. The van der Waals surface area contributed by atoms with Gasteiger partial charge in [0, 0.05) is 18.3 Å². The SMILES string of the molecule is Cc1[nH]nc(Cl)c1NC(=O)c1cc(F)c(-c2cn3c(n2)C(O)CC3)cc1OCC(F)(F)F. The van der Waals surface area contributed by atoms with Crippen molar-refractivity contribution in [2.45, 2.75) is 32.2 Å². The van der Waals surface area contributed by atoms with Crippen molar-refractivity contribution in [2.24, 2.45) is 0 Å². The highest BCUT2D eigenvalue weighted by Crippen LogP contribution is 2.35. The van der Waals surface area contributed by atoms with Gasteiger partial charge in [0.2, 0.25) is 0 Å². The average Bonchev–Trinajstić information content (AvgIpc) is 3.38. The highest BCUT2D eigenvalue weighted by Gasteiger charge is 2.31. The second kappa shape index (κ2) is 8.10. The third-order valence-electron chi connectivity index (χ3n) is 4.87. The van der Waals surface area contributed by atoms with E-state index >= 15 is 0 Å². The summed E-state index contributed by atoms with van der Waals surface area (Å²) < 4.78 is 59.7. The molecule has 3 N–H and O–H groups in total. The van der Waals surface area contributed by atoms with Gasteiger partial charge in [-0.3, -0.25) is 9.89 Å². The fraction of sp³-hybridized carbons (Fsp3) is 0.316. The summed E-state index contributed by atoms with van der Waals surface area (Å²) >= 11 is 5.88. The molecular formula is C19H16ClF4N5O3. The second-order valence-corrected chi connectivity index (χ2v) is 7.54. The van der Waals surface area contributed by atoms with Gasteiger partial charge in [0.15, 0.2) is 11.8 Å². The number of imidazole rings is 1. The van der Waals surface area contributed by atoms with Gasteiger partial charge in [0.1, 0.15) is 29.2 Å². The zero-order valence-corrected chi connectivity index (χ0v) is 17.2. The summed E-state index contributed by atoms with van der Waals surface area (Å²) in [6, 6.07) is 1.74. The predicted molar refractivity (Wildman–Crippen MR) is 105 cm³/mol. The van der Waals surface area contributed by atoms with Crippen LogP contribution in [0, 0.1) is 12.7 Å². The Labute approximate surface area is 183 Å². The van der Waals surface area contributed by atoms with Crippen LogP contribution in [0.15, 0.2) is 18.3 Å². The lowest BCUT2D eigenvalue weighted by molar-refractivity contribution is -0.153. The van der Waals surface area contributed by atoms with Gasteiger partial charge >= 0.3 is 6.18 Å². The van der Waals surface area contributed by atoms with Gasteiger partial charge in [-0.25, -0.2) is 9.37 Å². The minimum Gasteiger partial charge on any atom is -0.483 e. The smallest absolute Gasteiger partial charge is 0.422 e. The van der Waals surface area contributed by atoms with Crippen LogP contribution in [0.5, 0.6) is 5.75 Å². The molecule has 1 aromatic carbocycles. The molecule has 4 rings (SSSR count). The van der Waals surface area contributed by atoms with Gasteiger partial charge in [0.05, 0.1) is 17.0 Å². The molecule has 0 radical (unpaired) electrons. The van der Waals surface area contributed by atoms with Crippen molar-refractivity contribution in [1.82, 2.24) is 19.7 Å². The maximum atomic E-state index is 14.9.